The van der Waals surface area contributed by atoms with Gasteiger partial charge in [-0.15, -0.1) is 0 Å². The molecule has 1 aliphatic heterocycles. The molecule has 0 spiro atoms. The summed E-state index contributed by atoms with van der Waals surface area (Å²) < 4.78 is 15.7. The summed E-state index contributed by atoms with van der Waals surface area (Å²) in [5.41, 5.74) is -0.373. The van der Waals surface area contributed by atoms with Gasteiger partial charge in [-0.2, -0.15) is 0 Å². The lowest BCUT2D eigenvalue weighted by molar-refractivity contribution is 0.00867. The molecule has 7 nitrogen and oxygen atoms in total. The fourth-order valence-electron chi connectivity index (χ4n) is 2.70. The standard InChI is InChI=1S/C17H26N2O5/c1-6-22-15(20)13-9-14(24-18-13)12-8-7-11(2)19(10-12)16(21)23-17(3,4)5/h9,11-12H,6-8,10H2,1-5H3/t11-,12-/m1/s1. The van der Waals surface area contributed by atoms with Crippen molar-refractivity contribution in [2.24, 2.45) is 0 Å². The van der Waals surface area contributed by atoms with E-state index in [9.17, 15) is 9.59 Å². The largest absolute Gasteiger partial charge is 0.461 e. The van der Waals surface area contributed by atoms with Crippen LogP contribution in [-0.4, -0.2) is 46.9 Å². The first kappa shape index (κ1) is 18.3. The van der Waals surface area contributed by atoms with Gasteiger partial charge in [-0.05, 0) is 47.5 Å². The maximum atomic E-state index is 12.4. The molecule has 0 aromatic carbocycles. The zero-order chi connectivity index (χ0) is 17.9. The monoisotopic (exact) mass is 338 g/mol. The van der Waals surface area contributed by atoms with Crippen molar-refractivity contribution in [3.05, 3.63) is 17.5 Å². The molecule has 1 aromatic rings. The summed E-state index contributed by atoms with van der Waals surface area (Å²) >= 11 is 0. The van der Waals surface area contributed by atoms with Crippen molar-refractivity contribution >= 4 is 12.1 Å². The van der Waals surface area contributed by atoms with Crippen molar-refractivity contribution in [2.45, 2.75) is 65.0 Å². The minimum Gasteiger partial charge on any atom is -0.461 e. The van der Waals surface area contributed by atoms with E-state index in [4.69, 9.17) is 14.0 Å². The zero-order valence-electron chi connectivity index (χ0n) is 15.0. The predicted octanol–water partition coefficient (Wildman–Crippen LogP) is 3.35. The highest BCUT2D eigenvalue weighted by molar-refractivity contribution is 5.87. The van der Waals surface area contributed by atoms with Gasteiger partial charge in [0, 0.05) is 24.6 Å². The molecule has 1 aromatic heterocycles. The first-order valence-corrected chi connectivity index (χ1v) is 8.34. The summed E-state index contributed by atoms with van der Waals surface area (Å²) in [6.07, 6.45) is 1.36. The molecule has 2 rings (SSSR count). The summed E-state index contributed by atoms with van der Waals surface area (Å²) in [4.78, 5) is 25.8. The lowest BCUT2D eigenvalue weighted by atomic mass is 9.91. The van der Waals surface area contributed by atoms with E-state index in [-0.39, 0.29) is 30.4 Å². The average Bonchev–Trinajstić information content (AvgIpc) is 2.96. The van der Waals surface area contributed by atoms with Crippen molar-refractivity contribution in [3.8, 4) is 0 Å². The number of aromatic nitrogens is 1. The summed E-state index contributed by atoms with van der Waals surface area (Å²) in [7, 11) is 0. The fourth-order valence-corrected chi connectivity index (χ4v) is 2.70. The van der Waals surface area contributed by atoms with Crippen LogP contribution in [0.1, 0.15) is 69.6 Å². The van der Waals surface area contributed by atoms with Gasteiger partial charge in [0.1, 0.15) is 11.4 Å². The average molecular weight is 338 g/mol. The van der Waals surface area contributed by atoms with E-state index in [1.807, 2.05) is 27.7 Å². The SMILES string of the molecule is CCOC(=O)c1cc([C@@H]2CC[C@@H](C)N(C(=O)OC(C)(C)C)C2)on1. The number of hydrogen-bond donors (Lipinski definition) is 0. The number of carbonyl (C=O) groups excluding carboxylic acids is 2. The summed E-state index contributed by atoms with van der Waals surface area (Å²) in [6, 6.07) is 1.70. The molecule has 2 atom stereocenters. The highest BCUT2D eigenvalue weighted by Gasteiger charge is 2.34. The van der Waals surface area contributed by atoms with Crippen LogP contribution in [0.15, 0.2) is 10.6 Å². The van der Waals surface area contributed by atoms with Crippen LogP contribution in [0.2, 0.25) is 0 Å². The van der Waals surface area contributed by atoms with Crippen molar-refractivity contribution in [3.63, 3.8) is 0 Å². The van der Waals surface area contributed by atoms with Gasteiger partial charge in [-0.3, -0.25) is 0 Å². The third kappa shape index (κ3) is 4.49. The molecular formula is C17H26N2O5. The molecule has 0 N–H and O–H groups in total. The molecule has 1 aliphatic rings. The molecule has 1 fully saturated rings. The predicted molar refractivity (Wildman–Crippen MR) is 86.8 cm³/mol. The molecule has 0 aliphatic carbocycles. The van der Waals surface area contributed by atoms with E-state index in [2.05, 4.69) is 5.16 Å². The van der Waals surface area contributed by atoms with Gasteiger partial charge in [-0.25, -0.2) is 9.59 Å². The summed E-state index contributed by atoms with van der Waals surface area (Å²) in [5, 5.41) is 3.77. The van der Waals surface area contributed by atoms with E-state index in [1.54, 1.807) is 17.9 Å². The molecule has 1 amide bonds. The number of likely N-dealkylation sites (tertiary alicyclic amines) is 1. The van der Waals surface area contributed by atoms with Gasteiger partial charge >= 0.3 is 12.1 Å². The van der Waals surface area contributed by atoms with Gasteiger partial charge in [0.05, 0.1) is 6.61 Å². The Morgan fingerprint density at radius 1 is 1.38 bits per heavy atom. The lowest BCUT2D eigenvalue weighted by Gasteiger charge is -2.37. The second kappa shape index (κ2) is 7.23. The van der Waals surface area contributed by atoms with Gasteiger partial charge in [0.2, 0.25) is 0 Å². The van der Waals surface area contributed by atoms with Gasteiger partial charge in [-0.1, -0.05) is 5.16 Å². The van der Waals surface area contributed by atoms with Gasteiger partial charge in [0.15, 0.2) is 5.69 Å². The van der Waals surface area contributed by atoms with Crippen LogP contribution in [0.4, 0.5) is 4.79 Å². The van der Waals surface area contributed by atoms with Crippen LogP contribution in [0.5, 0.6) is 0 Å². The Bertz CT molecular complexity index is 590. The zero-order valence-corrected chi connectivity index (χ0v) is 15.0. The highest BCUT2D eigenvalue weighted by atomic mass is 16.6. The molecule has 2 heterocycles. The number of amides is 1. The molecule has 0 unspecified atom stereocenters. The number of carbonyl (C=O) groups is 2. The number of nitrogens with zero attached hydrogens (tertiary/aromatic N) is 2. The maximum Gasteiger partial charge on any atom is 0.410 e. The van der Waals surface area contributed by atoms with Crippen LogP contribution in [-0.2, 0) is 9.47 Å². The molecule has 0 saturated carbocycles. The fraction of sp³-hybridized carbons (Fsp3) is 0.706. The summed E-state index contributed by atoms with van der Waals surface area (Å²) in [5.74, 6) is 0.0867. The van der Waals surface area contributed by atoms with E-state index in [1.165, 1.54) is 0 Å². The van der Waals surface area contributed by atoms with E-state index in [0.29, 0.717) is 12.3 Å². The Labute approximate surface area is 142 Å². The summed E-state index contributed by atoms with van der Waals surface area (Å²) in [6.45, 7) is 10.0. The molecule has 7 heteroatoms. The Kier molecular flexibility index (Phi) is 5.51. The van der Waals surface area contributed by atoms with Crippen molar-refractivity contribution in [2.75, 3.05) is 13.2 Å². The molecular weight excluding hydrogens is 312 g/mol. The minimum absolute atomic E-state index is 0.00982. The number of rotatable bonds is 3. The molecule has 0 radical (unpaired) electrons. The molecule has 0 bridgehead atoms. The molecule has 1 saturated heterocycles. The Morgan fingerprint density at radius 3 is 2.71 bits per heavy atom. The van der Waals surface area contributed by atoms with Crippen LogP contribution < -0.4 is 0 Å². The van der Waals surface area contributed by atoms with E-state index in [0.717, 1.165) is 12.8 Å². The Hall–Kier alpha value is -2.05. The van der Waals surface area contributed by atoms with Crippen LogP contribution >= 0.6 is 0 Å². The molecule has 24 heavy (non-hydrogen) atoms. The first-order chi connectivity index (χ1) is 11.2. The second-order valence-corrected chi connectivity index (χ2v) is 7.09. The van der Waals surface area contributed by atoms with E-state index >= 15 is 0 Å². The minimum atomic E-state index is -0.535. The number of hydrogen-bond acceptors (Lipinski definition) is 6. The van der Waals surface area contributed by atoms with Gasteiger partial charge < -0.3 is 18.9 Å². The van der Waals surface area contributed by atoms with Crippen molar-refractivity contribution in [1.29, 1.82) is 0 Å². The number of esters is 1. The topological polar surface area (TPSA) is 81.9 Å². The lowest BCUT2D eigenvalue weighted by Crippen LogP contribution is -2.47. The van der Waals surface area contributed by atoms with E-state index < -0.39 is 11.6 Å². The quantitative estimate of drug-likeness (QED) is 0.786. The third-order valence-electron chi connectivity index (χ3n) is 3.93. The highest BCUT2D eigenvalue weighted by Crippen LogP contribution is 2.31. The van der Waals surface area contributed by atoms with Crippen LogP contribution in [0, 0.1) is 0 Å². The number of piperidine rings is 1. The van der Waals surface area contributed by atoms with Crippen molar-refractivity contribution < 1.29 is 23.6 Å². The smallest absolute Gasteiger partial charge is 0.410 e. The molecule has 134 valence electrons. The second-order valence-electron chi connectivity index (χ2n) is 7.09. The van der Waals surface area contributed by atoms with Crippen molar-refractivity contribution in [1.82, 2.24) is 10.1 Å². The Balaban J connectivity index is 2.07. The van der Waals surface area contributed by atoms with Crippen LogP contribution in [0.25, 0.3) is 0 Å². The normalized spacial score (nSPS) is 21.5. The number of ether oxygens (including phenoxy) is 2. The third-order valence-corrected chi connectivity index (χ3v) is 3.93. The maximum absolute atomic E-state index is 12.4. The van der Waals surface area contributed by atoms with Gasteiger partial charge in [0.25, 0.3) is 0 Å². The van der Waals surface area contributed by atoms with Crippen LogP contribution in [0.3, 0.4) is 0 Å². The Morgan fingerprint density at radius 2 is 2.08 bits per heavy atom. The first-order valence-electron chi connectivity index (χ1n) is 8.34.